The Morgan fingerprint density at radius 3 is 2.71 bits per heavy atom. The molecular formula is C14H18ClN5O. The summed E-state index contributed by atoms with van der Waals surface area (Å²) in [6, 6.07) is 3.48. The monoisotopic (exact) mass is 307 g/mol. The molecule has 0 spiro atoms. The van der Waals surface area contributed by atoms with E-state index in [1.165, 1.54) is 12.3 Å². The van der Waals surface area contributed by atoms with Gasteiger partial charge in [0.15, 0.2) is 5.96 Å². The summed E-state index contributed by atoms with van der Waals surface area (Å²) in [4.78, 5) is 19.2. The zero-order chi connectivity index (χ0) is 16.0. The molecule has 1 aromatic heterocycles. The number of nitrogens with one attached hydrogen (secondary N) is 1. The predicted molar refractivity (Wildman–Crippen MR) is 84.5 cm³/mol. The molecular weight excluding hydrogens is 290 g/mol. The third-order valence-corrected chi connectivity index (χ3v) is 2.94. The third kappa shape index (κ3) is 4.61. The molecule has 112 valence electrons. The number of carbonyl (C=O) groups is 1. The van der Waals surface area contributed by atoms with Gasteiger partial charge in [0, 0.05) is 12.4 Å². The Balaban J connectivity index is 2.96. The minimum Gasteiger partial charge on any atom is -0.370 e. The smallest absolute Gasteiger partial charge is 0.250 e. The Morgan fingerprint density at radius 2 is 2.19 bits per heavy atom. The maximum atomic E-state index is 11.0. The average Bonchev–Trinajstić information content (AvgIpc) is 2.38. The van der Waals surface area contributed by atoms with Gasteiger partial charge < -0.3 is 16.8 Å². The summed E-state index contributed by atoms with van der Waals surface area (Å²) in [7, 11) is 0. The molecule has 1 rings (SSSR count). The van der Waals surface area contributed by atoms with E-state index in [9.17, 15) is 4.79 Å². The number of hydrogen-bond acceptors (Lipinski definition) is 3. The Labute approximate surface area is 128 Å². The highest BCUT2D eigenvalue weighted by atomic mass is 35.5. The third-order valence-electron chi connectivity index (χ3n) is 2.64. The van der Waals surface area contributed by atoms with Crippen LogP contribution in [0.3, 0.4) is 0 Å². The first-order chi connectivity index (χ1) is 9.77. The zero-order valence-corrected chi connectivity index (χ0v) is 12.7. The topological polar surface area (TPSA) is 106 Å². The molecule has 0 bridgehead atoms. The second kappa shape index (κ2) is 6.90. The molecule has 7 heteroatoms. The molecule has 0 aliphatic heterocycles. The predicted octanol–water partition coefficient (Wildman–Crippen LogP) is 1.43. The lowest BCUT2D eigenvalue weighted by Crippen LogP contribution is -2.45. The fraction of sp³-hybridized carbons (Fsp3) is 0.214. The van der Waals surface area contributed by atoms with Crippen molar-refractivity contribution in [3.8, 4) is 0 Å². The van der Waals surface area contributed by atoms with Crippen LogP contribution in [0.5, 0.6) is 0 Å². The standard InChI is InChI=1S/C14H18ClN5O/c1-4-9(12(16)21)8-19-13(17)20-14(2,3)11-10(15)6-5-7-18-11/h4-8H,1H2,2-3H3,(H2,16,21)(H3,17,19,20)/b9-8+. The molecule has 21 heavy (non-hydrogen) atoms. The van der Waals surface area contributed by atoms with Crippen LogP contribution in [-0.2, 0) is 10.3 Å². The van der Waals surface area contributed by atoms with Crippen LogP contribution >= 0.6 is 11.6 Å². The van der Waals surface area contributed by atoms with Gasteiger partial charge in [0.2, 0.25) is 5.91 Å². The van der Waals surface area contributed by atoms with Gasteiger partial charge in [-0.25, -0.2) is 4.99 Å². The summed E-state index contributed by atoms with van der Waals surface area (Å²) in [5, 5.41) is 3.50. The first-order valence-electron chi connectivity index (χ1n) is 6.13. The molecule has 0 unspecified atom stereocenters. The molecule has 5 N–H and O–H groups in total. The summed E-state index contributed by atoms with van der Waals surface area (Å²) >= 11 is 6.11. The minimum atomic E-state index is -0.638. The largest absolute Gasteiger partial charge is 0.370 e. The van der Waals surface area contributed by atoms with Crippen molar-refractivity contribution >= 4 is 23.5 Å². The second-order valence-corrected chi connectivity index (χ2v) is 5.16. The highest BCUT2D eigenvalue weighted by molar-refractivity contribution is 6.31. The SMILES string of the molecule is C=C/C(=C\N=C(/N)NC(C)(C)c1ncccc1Cl)C(N)=O. The molecule has 0 aliphatic carbocycles. The fourth-order valence-corrected chi connectivity index (χ4v) is 1.97. The van der Waals surface area contributed by atoms with Crippen LogP contribution in [0, 0.1) is 0 Å². The van der Waals surface area contributed by atoms with Gasteiger partial charge in [-0.05, 0) is 26.0 Å². The lowest BCUT2D eigenvalue weighted by molar-refractivity contribution is -0.114. The van der Waals surface area contributed by atoms with Crippen molar-refractivity contribution < 1.29 is 4.79 Å². The molecule has 0 radical (unpaired) electrons. The molecule has 0 atom stereocenters. The normalized spacial score (nSPS) is 12.9. The van der Waals surface area contributed by atoms with Gasteiger partial charge in [-0.2, -0.15) is 0 Å². The first-order valence-corrected chi connectivity index (χ1v) is 6.50. The van der Waals surface area contributed by atoms with Crippen molar-refractivity contribution in [3.05, 3.63) is 53.5 Å². The molecule has 0 saturated carbocycles. The molecule has 0 aromatic carbocycles. The van der Waals surface area contributed by atoms with Crippen LogP contribution in [0.1, 0.15) is 19.5 Å². The van der Waals surface area contributed by atoms with E-state index in [1.807, 2.05) is 13.8 Å². The maximum Gasteiger partial charge on any atom is 0.250 e. The highest BCUT2D eigenvalue weighted by Crippen LogP contribution is 2.24. The maximum absolute atomic E-state index is 11.0. The van der Waals surface area contributed by atoms with Crippen LogP contribution in [0.2, 0.25) is 5.02 Å². The van der Waals surface area contributed by atoms with Crippen molar-refractivity contribution in [3.63, 3.8) is 0 Å². The molecule has 1 aromatic rings. The van der Waals surface area contributed by atoms with Gasteiger partial charge in [0.05, 0.1) is 21.8 Å². The number of rotatable bonds is 5. The van der Waals surface area contributed by atoms with Crippen molar-refractivity contribution in [2.75, 3.05) is 0 Å². The van der Waals surface area contributed by atoms with Gasteiger partial charge in [-0.3, -0.25) is 9.78 Å². The molecule has 1 heterocycles. The number of pyridine rings is 1. The average molecular weight is 308 g/mol. The van der Waals surface area contributed by atoms with E-state index in [0.29, 0.717) is 10.7 Å². The van der Waals surface area contributed by atoms with Crippen LogP contribution in [0.4, 0.5) is 0 Å². The second-order valence-electron chi connectivity index (χ2n) is 4.75. The summed E-state index contributed by atoms with van der Waals surface area (Å²) in [6.45, 7) is 7.18. The highest BCUT2D eigenvalue weighted by Gasteiger charge is 2.25. The molecule has 1 amide bonds. The quantitative estimate of drug-likeness (QED) is 0.331. The van der Waals surface area contributed by atoms with E-state index in [4.69, 9.17) is 23.1 Å². The minimum absolute atomic E-state index is 0.0994. The van der Waals surface area contributed by atoms with Gasteiger partial charge in [0.25, 0.3) is 0 Å². The lowest BCUT2D eigenvalue weighted by Gasteiger charge is -2.26. The van der Waals surface area contributed by atoms with Gasteiger partial charge >= 0.3 is 0 Å². The van der Waals surface area contributed by atoms with Crippen LogP contribution in [-0.4, -0.2) is 16.9 Å². The summed E-state index contributed by atoms with van der Waals surface area (Å²) in [5.41, 5.74) is 11.1. The molecule has 0 aliphatic rings. The Morgan fingerprint density at radius 1 is 1.52 bits per heavy atom. The fourth-order valence-electron chi connectivity index (χ4n) is 1.61. The van der Waals surface area contributed by atoms with Crippen molar-refractivity contribution in [2.45, 2.75) is 19.4 Å². The number of hydrogen-bond donors (Lipinski definition) is 3. The first kappa shape index (κ1) is 16.7. The molecule has 0 saturated heterocycles. The number of primary amides is 1. The number of nitrogens with two attached hydrogens (primary N) is 2. The summed E-state index contributed by atoms with van der Waals surface area (Å²) in [6.07, 6.45) is 4.19. The number of halogens is 1. The lowest BCUT2D eigenvalue weighted by atomic mass is 10.00. The van der Waals surface area contributed by atoms with Crippen molar-refractivity contribution in [2.24, 2.45) is 16.5 Å². The molecule has 0 fully saturated rings. The van der Waals surface area contributed by atoms with Crippen LogP contribution in [0.15, 0.2) is 47.7 Å². The van der Waals surface area contributed by atoms with Gasteiger partial charge in [-0.1, -0.05) is 24.3 Å². The van der Waals surface area contributed by atoms with Crippen molar-refractivity contribution in [1.82, 2.24) is 10.3 Å². The van der Waals surface area contributed by atoms with E-state index in [0.717, 1.165) is 0 Å². The Hall–Kier alpha value is -2.34. The Kier molecular flexibility index (Phi) is 5.49. The number of amides is 1. The van der Waals surface area contributed by atoms with Gasteiger partial charge in [-0.15, -0.1) is 0 Å². The van der Waals surface area contributed by atoms with E-state index >= 15 is 0 Å². The number of guanidine groups is 1. The van der Waals surface area contributed by atoms with Crippen LogP contribution in [0.25, 0.3) is 0 Å². The summed E-state index contributed by atoms with van der Waals surface area (Å²) in [5.74, 6) is -0.532. The summed E-state index contributed by atoms with van der Waals surface area (Å²) < 4.78 is 0. The zero-order valence-electron chi connectivity index (χ0n) is 11.9. The number of nitrogens with zero attached hydrogens (tertiary/aromatic N) is 2. The van der Waals surface area contributed by atoms with Crippen molar-refractivity contribution in [1.29, 1.82) is 0 Å². The van der Waals surface area contributed by atoms with E-state index in [2.05, 4.69) is 21.9 Å². The number of aliphatic imine (C=N–C) groups is 1. The van der Waals surface area contributed by atoms with E-state index in [1.54, 1.807) is 18.3 Å². The van der Waals surface area contributed by atoms with E-state index < -0.39 is 11.4 Å². The van der Waals surface area contributed by atoms with Gasteiger partial charge in [0.1, 0.15) is 0 Å². The number of aromatic nitrogens is 1. The number of carbonyl (C=O) groups excluding carboxylic acids is 1. The van der Waals surface area contributed by atoms with E-state index in [-0.39, 0.29) is 11.5 Å². The Bertz CT molecular complexity index is 607. The van der Waals surface area contributed by atoms with Crippen LogP contribution < -0.4 is 16.8 Å². The molecule has 6 nitrogen and oxygen atoms in total.